The lowest BCUT2D eigenvalue weighted by Crippen LogP contribution is -2.65. The fourth-order valence-electron chi connectivity index (χ4n) is 3.44. The first-order chi connectivity index (χ1) is 8.48. The molecule has 1 saturated carbocycles. The molecule has 1 amide bonds. The highest BCUT2D eigenvalue weighted by molar-refractivity contribution is 5.86. The molecule has 0 aromatic carbocycles. The first kappa shape index (κ1) is 13.4. The van der Waals surface area contributed by atoms with Crippen molar-refractivity contribution in [2.45, 2.75) is 51.1 Å². The van der Waals surface area contributed by atoms with Gasteiger partial charge >= 0.3 is 0 Å². The monoisotopic (exact) mass is 249 g/mol. The first-order valence-electron chi connectivity index (χ1n) is 6.90. The Morgan fingerprint density at radius 2 is 1.94 bits per heavy atom. The van der Waals surface area contributed by atoms with Crippen molar-refractivity contribution in [3.63, 3.8) is 0 Å². The van der Waals surface area contributed by atoms with Crippen LogP contribution in [0.5, 0.6) is 0 Å². The Bertz CT molecular complexity index is 372. The van der Waals surface area contributed by atoms with Crippen LogP contribution in [0.1, 0.15) is 39.5 Å². The minimum absolute atomic E-state index is 0.0919. The zero-order valence-corrected chi connectivity index (χ0v) is 11.6. The molecule has 2 aliphatic rings. The lowest BCUT2D eigenvalue weighted by atomic mass is 9.81. The number of hydrogen-bond acceptors (Lipinski definition) is 3. The van der Waals surface area contributed by atoms with E-state index in [1.165, 1.54) is 6.42 Å². The molecule has 4 heteroatoms. The van der Waals surface area contributed by atoms with E-state index in [1.807, 2.05) is 20.9 Å². The Balaban J connectivity index is 2.21. The van der Waals surface area contributed by atoms with Gasteiger partial charge in [0.25, 0.3) is 0 Å². The molecule has 0 aromatic heterocycles. The second kappa shape index (κ2) is 4.89. The van der Waals surface area contributed by atoms with E-state index in [4.69, 9.17) is 0 Å². The van der Waals surface area contributed by atoms with E-state index in [0.717, 1.165) is 32.4 Å². The molecule has 2 unspecified atom stereocenters. The van der Waals surface area contributed by atoms with Gasteiger partial charge in [-0.1, -0.05) is 12.8 Å². The van der Waals surface area contributed by atoms with Crippen LogP contribution in [0.15, 0.2) is 0 Å². The molecule has 18 heavy (non-hydrogen) atoms. The maximum atomic E-state index is 12.3. The topological polar surface area (TPSA) is 47.3 Å². The predicted molar refractivity (Wildman–Crippen MR) is 69.8 cm³/mol. The molecule has 100 valence electrons. The quantitative estimate of drug-likeness (QED) is 0.709. The fraction of sp³-hybridized carbons (Fsp3) is 0.857. The molecule has 1 aliphatic carbocycles. The average Bonchev–Trinajstić information content (AvgIpc) is 2.36. The summed E-state index contributed by atoms with van der Waals surface area (Å²) in [5, 5.41) is 9.31. The standard InChI is InChI=1S/C14H23N3O/c1-14(2)13(18)16(3)8-9-17(14)12-7-5-4-6-11(12)10-15/h11-12H,4-9H2,1-3H3. The number of nitriles is 1. The number of hydrogen-bond donors (Lipinski definition) is 0. The Hall–Kier alpha value is -1.08. The summed E-state index contributed by atoms with van der Waals surface area (Å²) >= 11 is 0. The molecule has 2 atom stereocenters. The summed E-state index contributed by atoms with van der Waals surface area (Å²) in [4.78, 5) is 16.4. The van der Waals surface area contributed by atoms with Gasteiger partial charge < -0.3 is 4.90 Å². The number of piperazine rings is 1. The van der Waals surface area contributed by atoms with E-state index < -0.39 is 5.54 Å². The molecule has 0 spiro atoms. The molecular weight excluding hydrogens is 226 g/mol. The zero-order chi connectivity index (χ0) is 13.3. The van der Waals surface area contributed by atoms with Crippen molar-refractivity contribution in [3.05, 3.63) is 0 Å². The second-order valence-electron chi connectivity index (χ2n) is 6.07. The van der Waals surface area contributed by atoms with Crippen molar-refractivity contribution in [3.8, 4) is 6.07 Å². The van der Waals surface area contributed by atoms with Gasteiger partial charge in [-0.2, -0.15) is 5.26 Å². The van der Waals surface area contributed by atoms with Crippen molar-refractivity contribution in [2.24, 2.45) is 5.92 Å². The third-order valence-electron chi connectivity index (χ3n) is 4.56. The Labute approximate surface area is 110 Å². The molecule has 0 bridgehead atoms. The Morgan fingerprint density at radius 1 is 1.28 bits per heavy atom. The summed E-state index contributed by atoms with van der Waals surface area (Å²) in [7, 11) is 1.87. The van der Waals surface area contributed by atoms with Crippen LogP contribution in [0.2, 0.25) is 0 Å². The number of rotatable bonds is 1. The van der Waals surface area contributed by atoms with Gasteiger partial charge in [0.2, 0.25) is 5.91 Å². The van der Waals surface area contributed by atoms with Crippen molar-refractivity contribution in [1.82, 2.24) is 9.80 Å². The molecule has 2 rings (SSSR count). The van der Waals surface area contributed by atoms with Gasteiger partial charge in [-0.3, -0.25) is 9.69 Å². The van der Waals surface area contributed by atoms with Crippen molar-refractivity contribution in [1.29, 1.82) is 5.26 Å². The van der Waals surface area contributed by atoms with Crippen LogP contribution in [0, 0.1) is 17.2 Å². The summed E-state index contributed by atoms with van der Waals surface area (Å²) in [6, 6.07) is 2.71. The molecular formula is C14H23N3O. The molecule has 4 nitrogen and oxygen atoms in total. The van der Waals surface area contributed by atoms with Gasteiger partial charge in [0.05, 0.1) is 17.5 Å². The largest absolute Gasteiger partial charge is 0.343 e. The Morgan fingerprint density at radius 3 is 2.61 bits per heavy atom. The van der Waals surface area contributed by atoms with Crippen LogP contribution >= 0.6 is 0 Å². The van der Waals surface area contributed by atoms with Crippen molar-refractivity contribution < 1.29 is 4.79 Å². The van der Waals surface area contributed by atoms with Crippen LogP contribution in [-0.4, -0.2) is 47.4 Å². The van der Waals surface area contributed by atoms with Gasteiger partial charge in [0.1, 0.15) is 0 Å². The molecule has 0 N–H and O–H groups in total. The Kier molecular flexibility index (Phi) is 3.63. The summed E-state index contributed by atoms with van der Waals surface area (Å²) in [5.74, 6) is 0.269. The van der Waals surface area contributed by atoms with E-state index in [-0.39, 0.29) is 17.9 Å². The molecule has 2 fully saturated rings. The van der Waals surface area contributed by atoms with E-state index in [1.54, 1.807) is 4.90 Å². The average molecular weight is 249 g/mol. The highest BCUT2D eigenvalue weighted by Crippen LogP contribution is 2.34. The lowest BCUT2D eigenvalue weighted by molar-refractivity contribution is -0.151. The fourth-order valence-corrected chi connectivity index (χ4v) is 3.44. The van der Waals surface area contributed by atoms with Crippen LogP contribution in [0.3, 0.4) is 0 Å². The maximum absolute atomic E-state index is 12.3. The van der Waals surface area contributed by atoms with E-state index in [0.29, 0.717) is 0 Å². The van der Waals surface area contributed by atoms with Gasteiger partial charge in [-0.05, 0) is 26.7 Å². The number of nitrogens with zero attached hydrogens (tertiary/aromatic N) is 3. The third-order valence-corrected chi connectivity index (χ3v) is 4.56. The minimum atomic E-state index is -0.468. The second-order valence-corrected chi connectivity index (χ2v) is 6.07. The van der Waals surface area contributed by atoms with E-state index in [9.17, 15) is 10.1 Å². The first-order valence-corrected chi connectivity index (χ1v) is 6.90. The maximum Gasteiger partial charge on any atom is 0.242 e. The minimum Gasteiger partial charge on any atom is -0.343 e. The lowest BCUT2D eigenvalue weighted by Gasteiger charge is -2.50. The molecule has 0 radical (unpaired) electrons. The van der Waals surface area contributed by atoms with E-state index >= 15 is 0 Å². The van der Waals surface area contributed by atoms with Crippen LogP contribution in [-0.2, 0) is 4.79 Å². The highest BCUT2D eigenvalue weighted by atomic mass is 16.2. The molecule has 1 saturated heterocycles. The van der Waals surface area contributed by atoms with Crippen molar-refractivity contribution in [2.75, 3.05) is 20.1 Å². The number of carbonyl (C=O) groups excluding carboxylic acids is 1. The van der Waals surface area contributed by atoms with Gasteiger partial charge in [0, 0.05) is 26.2 Å². The van der Waals surface area contributed by atoms with E-state index in [2.05, 4.69) is 11.0 Å². The third kappa shape index (κ3) is 2.12. The number of carbonyl (C=O) groups is 1. The zero-order valence-electron chi connectivity index (χ0n) is 11.6. The number of likely N-dealkylation sites (N-methyl/N-ethyl adjacent to an activating group) is 1. The van der Waals surface area contributed by atoms with Gasteiger partial charge in [0.15, 0.2) is 0 Å². The van der Waals surface area contributed by atoms with Gasteiger partial charge in [-0.25, -0.2) is 0 Å². The van der Waals surface area contributed by atoms with Crippen LogP contribution < -0.4 is 0 Å². The molecule has 1 aliphatic heterocycles. The SMILES string of the molecule is CN1CCN(C2CCCCC2C#N)C(C)(C)C1=O. The van der Waals surface area contributed by atoms with Crippen LogP contribution in [0.25, 0.3) is 0 Å². The summed E-state index contributed by atoms with van der Waals surface area (Å²) < 4.78 is 0. The van der Waals surface area contributed by atoms with Crippen LogP contribution in [0.4, 0.5) is 0 Å². The highest BCUT2D eigenvalue weighted by Gasteiger charge is 2.45. The van der Waals surface area contributed by atoms with Gasteiger partial charge in [-0.15, -0.1) is 0 Å². The predicted octanol–water partition coefficient (Wildman–Crippen LogP) is 1.62. The molecule has 1 heterocycles. The summed E-state index contributed by atoms with van der Waals surface area (Å²) in [6.45, 7) is 5.65. The smallest absolute Gasteiger partial charge is 0.242 e. The molecule has 0 aromatic rings. The normalized spacial score (nSPS) is 33.2. The number of amides is 1. The van der Waals surface area contributed by atoms with Crippen molar-refractivity contribution >= 4 is 5.91 Å². The summed E-state index contributed by atoms with van der Waals surface area (Å²) in [5.41, 5.74) is -0.468. The summed E-state index contributed by atoms with van der Waals surface area (Å²) in [6.07, 6.45) is 4.37.